The van der Waals surface area contributed by atoms with Crippen molar-refractivity contribution in [1.29, 1.82) is 0 Å². The maximum atomic E-state index is 10.8. The number of fused-ring (bicyclic) bond motifs is 1. The molecule has 1 aliphatic heterocycles. The number of hydrogen-bond donors (Lipinski definition) is 1. The molecule has 0 spiro atoms. The van der Waals surface area contributed by atoms with Crippen LogP contribution in [-0.4, -0.2) is 34.7 Å². The van der Waals surface area contributed by atoms with Gasteiger partial charge in [-0.2, -0.15) is 0 Å². The molecule has 0 amide bonds. The van der Waals surface area contributed by atoms with Crippen molar-refractivity contribution in [2.24, 2.45) is 0 Å². The van der Waals surface area contributed by atoms with Gasteiger partial charge in [-0.3, -0.25) is 4.90 Å². The number of likely N-dealkylation sites (tertiary alicyclic amines) is 1. The molecule has 1 aliphatic rings. The van der Waals surface area contributed by atoms with Crippen molar-refractivity contribution < 1.29 is 5.11 Å². The largest absolute Gasteiger partial charge is 0.391 e. The molecule has 1 N–H and O–H groups in total. The summed E-state index contributed by atoms with van der Waals surface area (Å²) in [6.07, 6.45) is 4.27. The highest BCUT2D eigenvalue weighted by atomic mass is 32.1. The summed E-state index contributed by atoms with van der Waals surface area (Å²) in [6, 6.07) is 8.49. The fourth-order valence-corrected chi connectivity index (χ4v) is 4.31. The van der Waals surface area contributed by atoms with Crippen LogP contribution in [0.2, 0.25) is 0 Å². The number of rotatable bonds is 4. The predicted octanol–water partition coefficient (Wildman–Crippen LogP) is 4.07. The predicted molar refractivity (Wildman–Crippen MR) is 91.0 cm³/mol. The van der Waals surface area contributed by atoms with Crippen LogP contribution in [0.5, 0.6) is 0 Å². The minimum atomic E-state index is -0.325. The average molecular weight is 303 g/mol. The number of benzene rings is 1. The Balaban J connectivity index is 1.77. The average Bonchev–Trinajstić information content (AvgIpc) is 2.91. The molecule has 1 unspecified atom stereocenters. The van der Waals surface area contributed by atoms with E-state index in [9.17, 15) is 5.11 Å². The maximum Gasteiger partial charge on any atom is 0.0759 e. The van der Waals surface area contributed by atoms with Crippen LogP contribution < -0.4 is 0 Å². The lowest BCUT2D eigenvalue weighted by atomic mass is 9.88. The Morgan fingerprint density at radius 3 is 2.67 bits per heavy atom. The third-order valence-corrected chi connectivity index (χ3v) is 5.97. The van der Waals surface area contributed by atoms with Gasteiger partial charge in [0, 0.05) is 16.7 Å². The molecule has 3 heteroatoms. The van der Waals surface area contributed by atoms with Gasteiger partial charge in [-0.1, -0.05) is 24.6 Å². The molecule has 0 bridgehead atoms. The summed E-state index contributed by atoms with van der Waals surface area (Å²) < 4.78 is 1.32. The van der Waals surface area contributed by atoms with Gasteiger partial charge in [0.1, 0.15) is 0 Å². The minimum Gasteiger partial charge on any atom is -0.391 e. The molecule has 1 aromatic carbocycles. The SMILES string of the molecule is CC(C)(C(O)Cc1csc2ccccc12)N1CCCCC1. The molecule has 0 aliphatic carbocycles. The van der Waals surface area contributed by atoms with Crippen molar-refractivity contribution in [2.45, 2.75) is 51.2 Å². The highest BCUT2D eigenvalue weighted by Gasteiger charge is 2.35. The van der Waals surface area contributed by atoms with Gasteiger partial charge in [0.2, 0.25) is 0 Å². The van der Waals surface area contributed by atoms with Crippen LogP contribution in [0.25, 0.3) is 10.1 Å². The maximum absolute atomic E-state index is 10.8. The first-order chi connectivity index (χ1) is 10.1. The quantitative estimate of drug-likeness (QED) is 0.920. The van der Waals surface area contributed by atoms with Gasteiger partial charge in [-0.05, 0) is 62.2 Å². The van der Waals surface area contributed by atoms with E-state index in [1.54, 1.807) is 11.3 Å². The zero-order chi connectivity index (χ0) is 14.9. The first kappa shape index (κ1) is 15.0. The molecule has 1 saturated heterocycles. The Labute approximate surface area is 131 Å². The molecule has 1 atom stereocenters. The number of piperidine rings is 1. The molecule has 2 heterocycles. The molecule has 3 rings (SSSR count). The van der Waals surface area contributed by atoms with Gasteiger partial charge in [-0.15, -0.1) is 11.3 Å². The summed E-state index contributed by atoms with van der Waals surface area (Å²) in [5.41, 5.74) is 1.14. The van der Waals surface area contributed by atoms with Crippen LogP contribution in [0.1, 0.15) is 38.7 Å². The number of hydrogen-bond acceptors (Lipinski definition) is 3. The van der Waals surface area contributed by atoms with Gasteiger partial charge >= 0.3 is 0 Å². The van der Waals surface area contributed by atoms with E-state index in [1.165, 1.54) is 34.9 Å². The van der Waals surface area contributed by atoms with Crippen LogP contribution in [0, 0.1) is 0 Å². The third kappa shape index (κ3) is 3.01. The first-order valence-electron chi connectivity index (χ1n) is 7.97. The van der Waals surface area contributed by atoms with E-state index in [0.717, 1.165) is 19.5 Å². The molecular formula is C18H25NOS. The molecule has 114 valence electrons. The molecule has 1 aromatic heterocycles. The zero-order valence-electron chi connectivity index (χ0n) is 13.0. The smallest absolute Gasteiger partial charge is 0.0759 e. The molecule has 1 fully saturated rings. The standard InChI is InChI=1S/C18H25NOS/c1-18(2,19-10-6-3-7-11-19)17(20)12-14-13-21-16-9-5-4-8-15(14)16/h4-5,8-9,13,17,20H,3,6-7,10-12H2,1-2H3. The summed E-state index contributed by atoms with van der Waals surface area (Å²) in [4.78, 5) is 2.47. The molecule has 2 nitrogen and oxygen atoms in total. The Bertz CT molecular complexity index is 598. The normalized spacial score (nSPS) is 19.0. The summed E-state index contributed by atoms with van der Waals surface area (Å²) >= 11 is 1.78. The molecule has 0 saturated carbocycles. The van der Waals surface area contributed by atoms with E-state index in [4.69, 9.17) is 0 Å². The van der Waals surface area contributed by atoms with Crippen LogP contribution >= 0.6 is 11.3 Å². The first-order valence-corrected chi connectivity index (χ1v) is 8.85. The highest BCUT2D eigenvalue weighted by Crippen LogP contribution is 2.30. The highest BCUT2D eigenvalue weighted by molar-refractivity contribution is 7.17. The summed E-state index contributed by atoms with van der Waals surface area (Å²) in [7, 11) is 0. The van der Waals surface area contributed by atoms with E-state index in [2.05, 4.69) is 48.4 Å². The summed E-state index contributed by atoms with van der Waals surface area (Å²) in [6.45, 7) is 6.62. The van der Waals surface area contributed by atoms with Crippen molar-refractivity contribution in [3.63, 3.8) is 0 Å². The van der Waals surface area contributed by atoms with E-state index in [0.29, 0.717) is 0 Å². The summed E-state index contributed by atoms with van der Waals surface area (Å²) in [5.74, 6) is 0. The number of aliphatic hydroxyl groups is 1. The number of thiophene rings is 1. The Hall–Kier alpha value is -0.900. The second-order valence-corrected chi connectivity index (χ2v) is 7.59. The zero-order valence-corrected chi connectivity index (χ0v) is 13.8. The fraction of sp³-hybridized carbons (Fsp3) is 0.556. The summed E-state index contributed by atoms with van der Waals surface area (Å²) in [5, 5.41) is 14.3. The van der Waals surface area contributed by atoms with Gasteiger partial charge in [0.15, 0.2) is 0 Å². The van der Waals surface area contributed by atoms with Gasteiger partial charge in [0.05, 0.1) is 6.10 Å². The Morgan fingerprint density at radius 2 is 1.90 bits per heavy atom. The van der Waals surface area contributed by atoms with Crippen molar-refractivity contribution in [1.82, 2.24) is 4.90 Å². The van der Waals surface area contributed by atoms with Crippen LogP contribution in [-0.2, 0) is 6.42 Å². The molecular weight excluding hydrogens is 278 g/mol. The number of aliphatic hydroxyl groups excluding tert-OH is 1. The second-order valence-electron chi connectivity index (χ2n) is 6.68. The molecule has 2 aromatic rings. The van der Waals surface area contributed by atoms with Crippen LogP contribution in [0.3, 0.4) is 0 Å². The lowest BCUT2D eigenvalue weighted by Crippen LogP contribution is -2.54. The number of nitrogens with zero attached hydrogens (tertiary/aromatic N) is 1. The fourth-order valence-electron chi connectivity index (χ4n) is 3.33. The van der Waals surface area contributed by atoms with E-state index in [-0.39, 0.29) is 11.6 Å². The van der Waals surface area contributed by atoms with Crippen molar-refractivity contribution in [2.75, 3.05) is 13.1 Å². The van der Waals surface area contributed by atoms with Crippen LogP contribution in [0.15, 0.2) is 29.6 Å². The van der Waals surface area contributed by atoms with Gasteiger partial charge in [-0.25, -0.2) is 0 Å². The van der Waals surface area contributed by atoms with Crippen molar-refractivity contribution >= 4 is 21.4 Å². The minimum absolute atomic E-state index is 0.149. The second kappa shape index (κ2) is 6.07. The van der Waals surface area contributed by atoms with Gasteiger partial charge in [0.25, 0.3) is 0 Å². The van der Waals surface area contributed by atoms with Gasteiger partial charge < -0.3 is 5.11 Å². The lowest BCUT2D eigenvalue weighted by molar-refractivity contribution is -0.0185. The van der Waals surface area contributed by atoms with E-state index >= 15 is 0 Å². The van der Waals surface area contributed by atoms with Crippen LogP contribution in [0.4, 0.5) is 0 Å². The molecule has 0 radical (unpaired) electrons. The topological polar surface area (TPSA) is 23.5 Å². The monoisotopic (exact) mass is 303 g/mol. The Morgan fingerprint density at radius 1 is 1.19 bits per heavy atom. The van der Waals surface area contributed by atoms with E-state index < -0.39 is 0 Å². The van der Waals surface area contributed by atoms with Crippen molar-refractivity contribution in [3.05, 3.63) is 35.2 Å². The lowest BCUT2D eigenvalue weighted by Gasteiger charge is -2.44. The molecule has 21 heavy (non-hydrogen) atoms. The van der Waals surface area contributed by atoms with E-state index in [1.807, 2.05) is 0 Å². The van der Waals surface area contributed by atoms with Crippen molar-refractivity contribution in [3.8, 4) is 0 Å². The Kier molecular flexibility index (Phi) is 4.34. The third-order valence-electron chi connectivity index (χ3n) is 4.96.